The van der Waals surface area contributed by atoms with E-state index in [0.29, 0.717) is 17.2 Å². The van der Waals surface area contributed by atoms with Crippen molar-refractivity contribution in [1.82, 2.24) is 0 Å². The Morgan fingerprint density at radius 1 is 0.453 bits per heavy atom. The molecular weight excluding hydrogens is 718 g/mol. The molecule has 0 radical (unpaired) electrons. The fourth-order valence-corrected chi connectivity index (χ4v) is 10.3. The normalized spacial score (nSPS) is 12.7. The lowest BCUT2D eigenvalue weighted by molar-refractivity contribution is 0.375. The van der Waals surface area contributed by atoms with Crippen molar-refractivity contribution < 1.29 is 27.5 Å². The lowest BCUT2D eigenvalue weighted by Gasteiger charge is -2.35. The molecule has 5 aromatic rings. The highest BCUT2D eigenvalue weighted by Crippen LogP contribution is 2.64. The summed E-state index contributed by atoms with van der Waals surface area (Å²) >= 11 is 0. The average Bonchev–Trinajstić information content (AvgIpc) is 3.08. The van der Waals surface area contributed by atoms with E-state index in [2.05, 4.69) is 122 Å². The van der Waals surface area contributed by atoms with E-state index in [1.807, 2.05) is 55.5 Å². The van der Waals surface area contributed by atoms with Gasteiger partial charge >= 0.3 is 17.2 Å². The number of aryl methyl sites for hydroxylation is 3. The second-order valence-electron chi connectivity index (χ2n) is 14.7. The van der Waals surface area contributed by atoms with Crippen molar-refractivity contribution in [1.29, 1.82) is 0 Å². The predicted molar refractivity (Wildman–Crippen MR) is 224 cm³/mol. The number of hydrogen-bond donors (Lipinski definition) is 1. The van der Waals surface area contributed by atoms with E-state index in [9.17, 15) is 4.89 Å². The molecule has 282 valence electrons. The molecule has 1 atom stereocenters. The van der Waals surface area contributed by atoms with E-state index in [4.69, 9.17) is 22.6 Å². The van der Waals surface area contributed by atoms with Gasteiger partial charge in [-0.25, -0.2) is 0 Å². The Kier molecular flexibility index (Phi) is 13.4. The monoisotopic (exact) mass is 772 g/mol. The first kappa shape index (κ1) is 40.5. The van der Waals surface area contributed by atoms with Gasteiger partial charge in [0.1, 0.15) is 28.7 Å². The van der Waals surface area contributed by atoms with Gasteiger partial charge in [0.25, 0.3) is 0 Å². The maximum absolute atomic E-state index is 11.2. The SMILES string of the molecule is Cc1ccc(C(C)C)c(OP(O)Oc2ccccc2S(C)(C)c2ccccc2OP(Oc2cc(C)ccc2C(C)C)Oc2cc(C)ccc2C(C)C)c1. The van der Waals surface area contributed by atoms with Crippen LogP contribution in [0.3, 0.4) is 0 Å². The second-order valence-corrected chi connectivity index (χ2v) is 20.1. The molecule has 0 aliphatic heterocycles. The molecule has 53 heavy (non-hydrogen) atoms. The molecule has 0 heterocycles. The number of hydrogen-bond acceptors (Lipinski definition) is 6. The van der Waals surface area contributed by atoms with Crippen molar-refractivity contribution >= 4 is 27.2 Å². The summed E-state index contributed by atoms with van der Waals surface area (Å²) in [5.41, 5.74) is 6.43. The summed E-state index contributed by atoms with van der Waals surface area (Å²) in [6, 6.07) is 34.5. The second kappa shape index (κ2) is 17.6. The van der Waals surface area contributed by atoms with Crippen molar-refractivity contribution in [2.75, 3.05) is 12.5 Å². The standard InChI is InChI=1S/C44H54O6P2S/c1-29(2)35-23-20-32(7)26-40(35)47-51(45)46-38-16-12-14-18-43(38)53(10,11)44-19-15-13-17-39(44)48-52(49-41-27-33(8)21-24-36(41)30(3)4)50-42-28-34(9)22-25-37(42)31(5)6/h12-31,45H,1-11H3. The van der Waals surface area contributed by atoms with E-state index in [1.54, 1.807) is 0 Å². The largest absolute Gasteiger partial charge is 0.530 e. The topological polar surface area (TPSA) is 66.4 Å². The molecule has 0 saturated heterocycles. The van der Waals surface area contributed by atoms with E-state index in [1.165, 1.54) is 0 Å². The van der Waals surface area contributed by atoms with Crippen LogP contribution in [0.1, 0.15) is 92.7 Å². The first-order chi connectivity index (χ1) is 25.1. The molecular formula is C44H54O6P2S. The minimum absolute atomic E-state index is 0.227. The lowest BCUT2D eigenvalue weighted by Crippen LogP contribution is -2.08. The Hall–Kier alpha value is -3.73. The number of rotatable bonds is 15. The van der Waals surface area contributed by atoms with Crippen molar-refractivity contribution in [3.8, 4) is 28.7 Å². The van der Waals surface area contributed by atoms with Gasteiger partial charge in [0.15, 0.2) is 0 Å². The van der Waals surface area contributed by atoms with Crippen LogP contribution in [0.25, 0.3) is 0 Å². The molecule has 9 heteroatoms. The zero-order valence-corrected chi connectivity index (χ0v) is 35.4. The molecule has 1 N–H and O–H groups in total. The maximum atomic E-state index is 11.2. The molecule has 0 saturated carbocycles. The van der Waals surface area contributed by atoms with Crippen LogP contribution in [0.2, 0.25) is 0 Å². The molecule has 0 aliphatic rings. The fourth-order valence-electron chi connectivity index (χ4n) is 6.09. The molecule has 0 fully saturated rings. The van der Waals surface area contributed by atoms with Gasteiger partial charge in [-0.3, -0.25) is 0 Å². The Labute approximate surface area is 321 Å². The van der Waals surface area contributed by atoms with Crippen LogP contribution in [0, 0.1) is 20.8 Å². The maximum Gasteiger partial charge on any atom is 0.530 e. The summed E-state index contributed by atoms with van der Waals surface area (Å²) in [4.78, 5) is 13.1. The Balaban J connectivity index is 1.51. The highest BCUT2D eigenvalue weighted by atomic mass is 32.3. The Morgan fingerprint density at radius 2 is 0.774 bits per heavy atom. The summed E-state index contributed by atoms with van der Waals surface area (Å²) in [5.74, 6) is 4.06. The molecule has 5 rings (SSSR count). The minimum atomic E-state index is -2.27. The molecule has 0 aromatic heterocycles. The van der Waals surface area contributed by atoms with E-state index < -0.39 is 27.2 Å². The van der Waals surface area contributed by atoms with Crippen molar-refractivity contribution in [3.63, 3.8) is 0 Å². The third kappa shape index (κ3) is 10.1. The molecule has 1 unspecified atom stereocenters. The van der Waals surface area contributed by atoms with Gasteiger partial charge in [0, 0.05) is 9.79 Å². The van der Waals surface area contributed by atoms with Crippen LogP contribution in [-0.2, 0) is 0 Å². The smallest absolute Gasteiger partial charge is 0.418 e. The van der Waals surface area contributed by atoms with Crippen LogP contribution in [0.15, 0.2) is 113 Å². The van der Waals surface area contributed by atoms with Gasteiger partial charge in [0.2, 0.25) is 0 Å². The first-order valence-corrected chi connectivity index (χ1v) is 22.7. The quantitative estimate of drug-likeness (QED) is 0.107. The van der Waals surface area contributed by atoms with Crippen LogP contribution < -0.4 is 22.6 Å². The molecule has 0 aliphatic carbocycles. The molecule has 5 aromatic carbocycles. The van der Waals surface area contributed by atoms with Crippen LogP contribution in [-0.4, -0.2) is 17.4 Å². The summed E-state index contributed by atoms with van der Waals surface area (Å²) < 4.78 is 32.7. The first-order valence-electron chi connectivity index (χ1n) is 18.1. The summed E-state index contributed by atoms with van der Waals surface area (Å²) in [5, 5.41) is 0. The summed E-state index contributed by atoms with van der Waals surface area (Å²) in [6.45, 7) is 19.0. The summed E-state index contributed by atoms with van der Waals surface area (Å²) in [6.07, 6.45) is 4.41. The third-order valence-corrected chi connectivity index (χ3v) is 13.7. The Bertz CT molecular complexity index is 1950. The molecule has 0 bridgehead atoms. The summed E-state index contributed by atoms with van der Waals surface area (Å²) in [7, 11) is -6.04. The van der Waals surface area contributed by atoms with Crippen LogP contribution in [0.4, 0.5) is 0 Å². The van der Waals surface area contributed by atoms with Gasteiger partial charge in [0.05, 0.1) is 0 Å². The van der Waals surface area contributed by atoms with Gasteiger partial charge in [-0.15, -0.1) is 0 Å². The zero-order valence-electron chi connectivity index (χ0n) is 32.8. The van der Waals surface area contributed by atoms with Crippen molar-refractivity contribution in [2.24, 2.45) is 0 Å². The molecule has 0 spiro atoms. The van der Waals surface area contributed by atoms with Crippen LogP contribution >= 0.6 is 27.2 Å². The average molecular weight is 773 g/mol. The van der Waals surface area contributed by atoms with Gasteiger partial charge < -0.3 is 27.5 Å². The highest BCUT2D eigenvalue weighted by Gasteiger charge is 2.31. The van der Waals surface area contributed by atoms with E-state index in [-0.39, 0.29) is 17.8 Å². The van der Waals surface area contributed by atoms with Crippen LogP contribution in [0.5, 0.6) is 28.7 Å². The third-order valence-electron chi connectivity index (χ3n) is 9.04. The van der Waals surface area contributed by atoms with Gasteiger partial charge in [-0.05, 0) is 127 Å². The number of para-hydroxylation sites is 2. The highest BCUT2D eigenvalue weighted by molar-refractivity contribution is 8.32. The zero-order chi connectivity index (χ0) is 38.4. The number of benzene rings is 5. The van der Waals surface area contributed by atoms with Crippen molar-refractivity contribution in [2.45, 2.75) is 89.9 Å². The van der Waals surface area contributed by atoms with Gasteiger partial charge in [-0.2, -0.15) is 10.0 Å². The van der Waals surface area contributed by atoms with E-state index >= 15 is 0 Å². The van der Waals surface area contributed by atoms with Crippen molar-refractivity contribution in [3.05, 3.63) is 137 Å². The Morgan fingerprint density at radius 3 is 1.17 bits per heavy atom. The van der Waals surface area contributed by atoms with E-state index in [0.717, 1.165) is 54.7 Å². The molecule has 0 amide bonds. The molecule has 6 nitrogen and oxygen atoms in total. The lowest BCUT2D eigenvalue weighted by atomic mass is 10.0. The van der Waals surface area contributed by atoms with Gasteiger partial charge in [-0.1, -0.05) is 102 Å². The predicted octanol–water partition coefficient (Wildman–Crippen LogP) is 13.9. The fraction of sp³-hybridized carbons (Fsp3) is 0.318. The minimum Gasteiger partial charge on any atom is -0.418 e.